The van der Waals surface area contributed by atoms with E-state index in [0.717, 1.165) is 31.7 Å². The molecule has 2 aliphatic heterocycles. The van der Waals surface area contributed by atoms with E-state index in [2.05, 4.69) is 54.3 Å². The van der Waals surface area contributed by atoms with Gasteiger partial charge in [-0.2, -0.15) is 20.1 Å². The first-order chi connectivity index (χ1) is 13.8. The van der Waals surface area contributed by atoms with Crippen molar-refractivity contribution in [3.8, 4) is 0 Å². The number of morpholine rings is 2. The molecule has 28 heavy (non-hydrogen) atoms. The van der Waals surface area contributed by atoms with Crippen LogP contribution in [-0.2, 0) is 9.47 Å². The van der Waals surface area contributed by atoms with E-state index in [9.17, 15) is 0 Å². The molecular weight excluding hydrogens is 358 g/mol. The number of ether oxygens (including phenoxy) is 2. The van der Waals surface area contributed by atoms with E-state index < -0.39 is 0 Å². The van der Waals surface area contributed by atoms with Crippen molar-refractivity contribution < 1.29 is 9.47 Å². The average molecular weight is 383 g/mol. The van der Waals surface area contributed by atoms with Gasteiger partial charge in [-0.05, 0) is 12.5 Å². The molecular formula is C19H25N7O2. The fourth-order valence-electron chi connectivity index (χ4n) is 3.03. The van der Waals surface area contributed by atoms with Gasteiger partial charge in [0.15, 0.2) is 0 Å². The number of aryl methyl sites for hydroxylation is 1. The smallest absolute Gasteiger partial charge is 0.250 e. The highest BCUT2D eigenvalue weighted by molar-refractivity contribution is 5.80. The van der Waals surface area contributed by atoms with Crippen LogP contribution in [0.15, 0.2) is 29.4 Å². The Hall–Kier alpha value is -2.78. The number of anilines is 3. The van der Waals surface area contributed by atoms with Crippen LogP contribution in [-0.4, -0.2) is 73.8 Å². The summed E-state index contributed by atoms with van der Waals surface area (Å²) in [6.45, 7) is 7.80. The normalized spacial score (nSPS) is 17.9. The van der Waals surface area contributed by atoms with Crippen molar-refractivity contribution in [3.63, 3.8) is 0 Å². The summed E-state index contributed by atoms with van der Waals surface area (Å²) in [7, 11) is 0. The third kappa shape index (κ3) is 4.73. The molecule has 0 spiro atoms. The van der Waals surface area contributed by atoms with Crippen molar-refractivity contribution in [1.29, 1.82) is 0 Å². The van der Waals surface area contributed by atoms with E-state index in [4.69, 9.17) is 9.47 Å². The summed E-state index contributed by atoms with van der Waals surface area (Å²) in [5.74, 6) is 1.72. The Morgan fingerprint density at radius 2 is 1.39 bits per heavy atom. The molecule has 2 aliphatic rings. The second kappa shape index (κ2) is 8.94. The Balaban J connectivity index is 1.54. The lowest BCUT2D eigenvalue weighted by Crippen LogP contribution is -2.40. The first-order valence-electron chi connectivity index (χ1n) is 9.55. The van der Waals surface area contributed by atoms with Gasteiger partial charge in [0.05, 0.1) is 32.6 Å². The van der Waals surface area contributed by atoms with E-state index in [-0.39, 0.29) is 0 Å². The van der Waals surface area contributed by atoms with Crippen molar-refractivity contribution in [2.75, 3.05) is 67.8 Å². The molecule has 1 aromatic carbocycles. The zero-order chi connectivity index (χ0) is 19.2. The number of benzene rings is 1. The number of rotatable bonds is 5. The van der Waals surface area contributed by atoms with E-state index in [1.54, 1.807) is 6.21 Å². The minimum Gasteiger partial charge on any atom is -0.378 e. The minimum absolute atomic E-state index is 0.432. The maximum atomic E-state index is 5.44. The van der Waals surface area contributed by atoms with Crippen LogP contribution < -0.4 is 15.2 Å². The highest BCUT2D eigenvalue weighted by atomic mass is 16.5. The average Bonchev–Trinajstić information content (AvgIpc) is 2.76. The largest absolute Gasteiger partial charge is 0.378 e. The maximum Gasteiger partial charge on any atom is 0.250 e. The van der Waals surface area contributed by atoms with Crippen LogP contribution in [0.5, 0.6) is 0 Å². The Kier molecular flexibility index (Phi) is 5.93. The molecule has 0 bridgehead atoms. The van der Waals surface area contributed by atoms with Crippen molar-refractivity contribution >= 4 is 24.1 Å². The van der Waals surface area contributed by atoms with Crippen molar-refractivity contribution in [2.24, 2.45) is 5.10 Å². The van der Waals surface area contributed by atoms with Gasteiger partial charge < -0.3 is 19.3 Å². The lowest BCUT2D eigenvalue weighted by atomic mass is 10.2. The van der Waals surface area contributed by atoms with Gasteiger partial charge in [-0.25, -0.2) is 5.43 Å². The molecule has 0 unspecified atom stereocenters. The third-order valence-corrected chi connectivity index (χ3v) is 4.66. The predicted octanol–water partition coefficient (Wildman–Crippen LogP) is 1.30. The highest BCUT2D eigenvalue weighted by Crippen LogP contribution is 2.18. The molecule has 0 aliphatic carbocycles. The van der Waals surface area contributed by atoms with Crippen molar-refractivity contribution in [2.45, 2.75) is 6.92 Å². The Labute approximate surface area is 164 Å². The van der Waals surface area contributed by atoms with Crippen LogP contribution in [0.1, 0.15) is 11.1 Å². The van der Waals surface area contributed by atoms with E-state index in [1.807, 2.05) is 12.1 Å². The summed E-state index contributed by atoms with van der Waals surface area (Å²) in [6, 6.07) is 8.15. The molecule has 3 heterocycles. The van der Waals surface area contributed by atoms with E-state index in [1.165, 1.54) is 5.56 Å². The first-order valence-corrected chi connectivity index (χ1v) is 9.55. The third-order valence-electron chi connectivity index (χ3n) is 4.66. The van der Waals surface area contributed by atoms with Gasteiger partial charge in [0, 0.05) is 26.2 Å². The molecule has 0 amide bonds. The van der Waals surface area contributed by atoms with Crippen LogP contribution in [0, 0.1) is 6.92 Å². The van der Waals surface area contributed by atoms with Gasteiger partial charge >= 0.3 is 0 Å². The molecule has 9 heteroatoms. The fourth-order valence-corrected chi connectivity index (χ4v) is 3.03. The van der Waals surface area contributed by atoms with Gasteiger partial charge in [0.1, 0.15) is 0 Å². The molecule has 4 rings (SSSR count). The standard InChI is InChI=1S/C19H25N7O2/c1-15-2-4-16(5-3-15)14-20-24-17-21-18(25-6-10-27-11-7-25)23-19(22-17)26-8-12-28-13-9-26/h2-5,14H,6-13H2,1H3,(H,21,22,23,24). The molecule has 9 nitrogen and oxygen atoms in total. The topological polar surface area (TPSA) is 88.0 Å². The molecule has 148 valence electrons. The van der Waals surface area contributed by atoms with E-state index in [0.29, 0.717) is 44.3 Å². The number of hydrogen-bond donors (Lipinski definition) is 1. The zero-order valence-corrected chi connectivity index (χ0v) is 16.0. The number of hydrazone groups is 1. The Bertz CT molecular complexity index is 764. The summed E-state index contributed by atoms with van der Waals surface area (Å²) in [5, 5.41) is 4.30. The molecule has 0 radical (unpaired) electrons. The number of nitrogens with one attached hydrogen (secondary N) is 1. The quantitative estimate of drug-likeness (QED) is 0.611. The zero-order valence-electron chi connectivity index (χ0n) is 16.0. The summed E-state index contributed by atoms with van der Waals surface area (Å²) in [6.07, 6.45) is 1.76. The lowest BCUT2D eigenvalue weighted by Gasteiger charge is -2.30. The lowest BCUT2D eigenvalue weighted by molar-refractivity contribution is 0.121. The molecule has 2 aromatic rings. The fraction of sp³-hybridized carbons (Fsp3) is 0.474. The number of aromatic nitrogens is 3. The monoisotopic (exact) mass is 383 g/mol. The Morgan fingerprint density at radius 1 is 0.857 bits per heavy atom. The molecule has 1 aromatic heterocycles. The SMILES string of the molecule is Cc1ccc(C=NNc2nc(N3CCOCC3)nc(N3CCOCC3)n2)cc1. The van der Waals surface area contributed by atoms with Gasteiger partial charge in [-0.3, -0.25) is 0 Å². The summed E-state index contributed by atoms with van der Waals surface area (Å²) < 4.78 is 10.9. The highest BCUT2D eigenvalue weighted by Gasteiger charge is 2.20. The van der Waals surface area contributed by atoms with Crippen molar-refractivity contribution in [1.82, 2.24) is 15.0 Å². The number of hydrogen-bond acceptors (Lipinski definition) is 9. The molecule has 2 saturated heterocycles. The van der Waals surface area contributed by atoms with Crippen LogP contribution in [0.25, 0.3) is 0 Å². The van der Waals surface area contributed by atoms with Crippen molar-refractivity contribution in [3.05, 3.63) is 35.4 Å². The molecule has 1 N–H and O–H groups in total. The summed E-state index contributed by atoms with van der Waals surface area (Å²) >= 11 is 0. The molecule has 0 saturated carbocycles. The number of nitrogens with zero attached hydrogens (tertiary/aromatic N) is 6. The minimum atomic E-state index is 0.432. The second-order valence-corrected chi connectivity index (χ2v) is 6.74. The van der Waals surface area contributed by atoms with Gasteiger partial charge in [0.25, 0.3) is 0 Å². The molecule has 2 fully saturated rings. The van der Waals surface area contributed by atoms with Gasteiger partial charge in [-0.15, -0.1) is 0 Å². The van der Waals surface area contributed by atoms with Gasteiger partial charge in [0.2, 0.25) is 17.8 Å². The predicted molar refractivity (Wildman–Crippen MR) is 108 cm³/mol. The van der Waals surface area contributed by atoms with Crippen LogP contribution >= 0.6 is 0 Å². The van der Waals surface area contributed by atoms with E-state index >= 15 is 0 Å². The summed E-state index contributed by atoms with van der Waals surface area (Å²) in [4.78, 5) is 18.0. The van der Waals surface area contributed by atoms with Crippen LogP contribution in [0.3, 0.4) is 0 Å². The van der Waals surface area contributed by atoms with Gasteiger partial charge in [-0.1, -0.05) is 29.8 Å². The summed E-state index contributed by atoms with van der Waals surface area (Å²) in [5.41, 5.74) is 5.18. The maximum absolute atomic E-state index is 5.44. The Morgan fingerprint density at radius 3 is 1.93 bits per heavy atom. The van der Waals surface area contributed by atoms with Crippen LogP contribution in [0.2, 0.25) is 0 Å². The first kappa shape index (κ1) is 18.6. The molecule has 0 atom stereocenters. The second-order valence-electron chi connectivity index (χ2n) is 6.74. The van der Waals surface area contributed by atoms with Crippen LogP contribution in [0.4, 0.5) is 17.8 Å².